The van der Waals surface area contributed by atoms with Gasteiger partial charge in [0.05, 0.1) is 0 Å². The molecule has 2 aliphatic heterocycles. The highest BCUT2D eigenvalue weighted by molar-refractivity contribution is 7.80. The van der Waals surface area contributed by atoms with Gasteiger partial charge >= 0.3 is 0 Å². The maximum Gasteiger partial charge on any atom is 0.274 e. The minimum absolute atomic E-state index is 0.0158. The smallest absolute Gasteiger partial charge is 0.274 e. The Morgan fingerprint density at radius 3 is 2.00 bits per heavy atom. The molecule has 0 saturated heterocycles. The first-order valence-corrected chi connectivity index (χ1v) is 12.2. The van der Waals surface area contributed by atoms with Crippen molar-refractivity contribution in [2.24, 2.45) is 5.73 Å². The number of thiocarbonyl (C=S) groups is 1. The quantitative estimate of drug-likeness (QED) is 0.386. The molecule has 0 bridgehead atoms. The highest BCUT2D eigenvalue weighted by Crippen LogP contribution is 2.58. The minimum atomic E-state index is -1.02. The zero-order valence-corrected chi connectivity index (χ0v) is 21.1. The van der Waals surface area contributed by atoms with Crippen LogP contribution in [-0.2, 0) is 5.54 Å². The maximum absolute atomic E-state index is 13.8. The van der Waals surface area contributed by atoms with Gasteiger partial charge in [-0.25, -0.2) is 5.01 Å². The Morgan fingerprint density at radius 2 is 1.49 bits per heavy atom. The van der Waals surface area contributed by atoms with Crippen molar-refractivity contribution in [3.8, 4) is 11.5 Å². The molecule has 1 amide bonds. The summed E-state index contributed by atoms with van der Waals surface area (Å²) in [6.07, 6.45) is 0. The molecular formula is C27H29N5O2S. The lowest BCUT2D eigenvalue weighted by Crippen LogP contribution is -2.57. The molecule has 8 heteroatoms. The fourth-order valence-electron chi connectivity index (χ4n) is 5.29. The number of nitrogens with one attached hydrogen (secondary N) is 3. The summed E-state index contributed by atoms with van der Waals surface area (Å²) < 4.78 is 6.54. The topological polar surface area (TPSA) is 91.6 Å². The molecule has 7 nitrogen and oxygen atoms in total. The molecule has 2 aliphatic rings. The van der Waals surface area contributed by atoms with Crippen LogP contribution in [0, 0.1) is 13.8 Å². The van der Waals surface area contributed by atoms with Crippen LogP contribution in [-0.4, -0.2) is 29.1 Å². The third-order valence-electron chi connectivity index (χ3n) is 6.69. The predicted octanol–water partition coefficient (Wildman–Crippen LogP) is 4.77. The molecule has 0 aromatic heterocycles. The average molecular weight is 488 g/mol. The number of fused-ring (bicyclic) bond motifs is 6. The normalized spacial score (nSPS) is 14.6. The van der Waals surface area contributed by atoms with Crippen LogP contribution in [0.3, 0.4) is 0 Å². The number of nitrogens with two attached hydrogens (primary N) is 1. The monoisotopic (exact) mass is 487 g/mol. The van der Waals surface area contributed by atoms with Crippen molar-refractivity contribution in [3.05, 3.63) is 81.9 Å². The van der Waals surface area contributed by atoms with E-state index in [-0.39, 0.29) is 11.0 Å². The van der Waals surface area contributed by atoms with Crippen molar-refractivity contribution >= 4 is 34.6 Å². The summed E-state index contributed by atoms with van der Waals surface area (Å²) >= 11 is 5.23. The Morgan fingerprint density at radius 1 is 0.943 bits per heavy atom. The lowest BCUT2D eigenvalue weighted by atomic mass is 9.74. The van der Waals surface area contributed by atoms with E-state index in [4.69, 9.17) is 22.7 Å². The van der Waals surface area contributed by atoms with Gasteiger partial charge in [-0.05, 0) is 69.2 Å². The number of anilines is 2. The van der Waals surface area contributed by atoms with Gasteiger partial charge in [-0.2, -0.15) is 0 Å². The van der Waals surface area contributed by atoms with Crippen LogP contribution in [0.1, 0.15) is 52.0 Å². The number of carbonyl (C=O) groups is 1. The number of rotatable bonds is 5. The number of benzene rings is 3. The lowest BCUT2D eigenvalue weighted by molar-refractivity contribution is 0.0593. The van der Waals surface area contributed by atoms with Crippen molar-refractivity contribution in [1.82, 2.24) is 10.4 Å². The lowest BCUT2D eigenvalue weighted by Gasteiger charge is -2.44. The molecule has 35 heavy (non-hydrogen) atoms. The summed E-state index contributed by atoms with van der Waals surface area (Å²) in [5, 5.41) is 8.41. The molecule has 0 fully saturated rings. The predicted molar refractivity (Wildman–Crippen MR) is 143 cm³/mol. The summed E-state index contributed by atoms with van der Waals surface area (Å²) in [5.41, 5.74) is 15.1. The first-order chi connectivity index (χ1) is 16.8. The molecule has 3 aromatic rings. The molecule has 0 saturated carbocycles. The molecule has 5 rings (SSSR count). The van der Waals surface area contributed by atoms with Crippen LogP contribution in [0.15, 0.2) is 48.5 Å². The second kappa shape index (κ2) is 8.46. The minimum Gasteiger partial charge on any atom is -0.456 e. The van der Waals surface area contributed by atoms with Crippen LogP contribution in [0.4, 0.5) is 11.4 Å². The molecule has 3 aromatic carbocycles. The summed E-state index contributed by atoms with van der Waals surface area (Å²) in [6.45, 7) is 9.77. The number of hydrazine groups is 1. The Balaban J connectivity index is 1.90. The summed E-state index contributed by atoms with van der Waals surface area (Å²) in [5.74, 6) is 1.14. The summed E-state index contributed by atoms with van der Waals surface area (Å²) in [6, 6.07) is 15.9. The number of aryl methyl sites for hydroxylation is 2. The molecule has 0 aliphatic carbocycles. The van der Waals surface area contributed by atoms with Gasteiger partial charge in [-0.1, -0.05) is 18.2 Å². The molecule has 5 N–H and O–H groups in total. The van der Waals surface area contributed by atoms with Gasteiger partial charge in [0, 0.05) is 58.9 Å². The van der Waals surface area contributed by atoms with Gasteiger partial charge in [0.2, 0.25) is 0 Å². The first kappa shape index (κ1) is 23.0. The molecule has 2 heterocycles. The van der Waals surface area contributed by atoms with E-state index in [1.807, 2.05) is 36.4 Å². The van der Waals surface area contributed by atoms with Gasteiger partial charge in [0.25, 0.3) is 5.91 Å². The van der Waals surface area contributed by atoms with Crippen LogP contribution in [0.25, 0.3) is 0 Å². The van der Waals surface area contributed by atoms with Crippen LogP contribution in [0.2, 0.25) is 0 Å². The highest BCUT2D eigenvalue weighted by Gasteiger charge is 2.57. The van der Waals surface area contributed by atoms with Gasteiger partial charge in [-0.3, -0.25) is 10.2 Å². The van der Waals surface area contributed by atoms with E-state index in [1.165, 1.54) is 0 Å². The van der Waals surface area contributed by atoms with E-state index >= 15 is 0 Å². The number of nitrogens with zero attached hydrogens (tertiary/aromatic N) is 1. The van der Waals surface area contributed by atoms with Crippen LogP contribution in [0.5, 0.6) is 11.5 Å². The van der Waals surface area contributed by atoms with Crippen molar-refractivity contribution in [2.45, 2.75) is 33.2 Å². The van der Waals surface area contributed by atoms with E-state index in [0.717, 1.165) is 52.3 Å². The zero-order chi connectivity index (χ0) is 24.9. The number of amides is 1. The molecule has 0 radical (unpaired) electrons. The third-order valence-corrected chi connectivity index (χ3v) is 6.79. The van der Waals surface area contributed by atoms with Crippen molar-refractivity contribution < 1.29 is 9.53 Å². The number of carbonyl (C=O) groups excluding carboxylic acids is 1. The van der Waals surface area contributed by atoms with Crippen molar-refractivity contribution in [2.75, 3.05) is 23.7 Å². The van der Waals surface area contributed by atoms with Crippen molar-refractivity contribution in [1.29, 1.82) is 0 Å². The Hall–Kier alpha value is -3.78. The summed E-state index contributed by atoms with van der Waals surface area (Å²) in [4.78, 5) is 13.8. The zero-order valence-electron chi connectivity index (χ0n) is 20.3. The number of hydrogen-bond acceptors (Lipinski definition) is 5. The van der Waals surface area contributed by atoms with E-state index in [0.29, 0.717) is 17.1 Å². The standard InChI is InChI=1S/C27H29N5O2S/c1-5-29-21-13-23-19(11-15(21)3)27(20-12-16(4)22(30-6-2)14-24(20)34-23)18-10-8-7-9-17(18)25(33)32(27)31-26(28)35/h7-14,29-30H,5-6H2,1-4H3,(H3,28,31,35). The van der Waals surface area contributed by atoms with Gasteiger partial charge < -0.3 is 21.1 Å². The second-order valence-corrected chi connectivity index (χ2v) is 9.30. The second-order valence-electron chi connectivity index (χ2n) is 8.86. The largest absolute Gasteiger partial charge is 0.456 e. The van der Waals surface area contributed by atoms with Gasteiger partial charge in [-0.15, -0.1) is 0 Å². The third kappa shape index (κ3) is 3.31. The first-order valence-electron chi connectivity index (χ1n) is 11.8. The SMILES string of the molecule is CCNc1cc2c(cc1C)C1(c3cc(C)c(NCC)cc3O2)c2ccccc2C(=O)N1NC(N)=S. The van der Waals surface area contributed by atoms with E-state index in [1.54, 1.807) is 5.01 Å². The van der Waals surface area contributed by atoms with E-state index in [9.17, 15) is 4.79 Å². The Kier molecular flexibility index (Phi) is 5.56. The molecule has 1 spiro atoms. The average Bonchev–Trinajstić information content (AvgIpc) is 3.06. The van der Waals surface area contributed by atoms with E-state index < -0.39 is 5.54 Å². The van der Waals surface area contributed by atoms with Crippen LogP contribution < -0.4 is 26.5 Å². The van der Waals surface area contributed by atoms with E-state index in [2.05, 4.69) is 55.9 Å². The van der Waals surface area contributed by atoms with Crippen LogP contribution >= 0.6 is 12.2 Å². The van der Waals surface area contributed by atoms with Gasteiger partial charge in [0.1, 0.15) is 17.0 Å². The Bertz CT molecular complexity index is 1310. The molecule has 180 valence electrons. The van der Waals surface area contributed by atoms with Crippen molar-refractivity contribution in [3.63, 3.8) is 0 Å². The Labute approximate surface area is 210 Å². The number of ether oxygens (including phenoxy) is 1. The molecule has 0 atom stereocenters. The highest BCUT2D eigenvalue weighted by atomic mass is 32.1. The fraction of sp³-hybridized carbons (Fsp3) is 0.259. The maximum atomic E-state index is 13.8. The van der Waals surface area contributed by atoms with Gasteiger partial charge in [0.15, 0.2) is 5.11 Å². The summed E-state index contributed by atoms with van der Waals surface area (Å²) in [7, 11) is 0. The fourth-order valence-corrected chi connectivity index (χ4v) is 5.38. The number of hydrogen-bond donors (Lipinski definition) is 4. The molecular weight excluding hydrogens is 458 g/mol. The molecule has 0 unspecified atom stereocenters.